The van der Waals surface area contributed by atoms with Crippen LogP contribution in [0.5, 0.6) is 0 Å². The first-order valence-corrected chi connectivity index (χ1v) is 0. The van der Waals surface area contributed by atoms with Gasteiger partial charge < -0.3 is 5.48 Å². The van der Waals surface area contributed by atoms with E-state index in [0.29, 0.717) is 0 Å². The van der Waals surface area contributed by atoms with Gasteiger partial charge in [0.1, 0.15) is 0 Å². The fourth-order valence-electron chi connectivity index (χ4n) is 0. The summed E-state index contributed by atoms with van der Waals surface area (Å²) in [5.74, 6) is 0. The van der Waals surface area contributed by atoms with E-state index in [1.165, 1.54) is 0 Å². The van der Waals surface area contributed by atoms with Crippen molar-refractivity contribution in [2.75, 3.05) is 0 Å². The average molecular weight is 280 g/mol. The zero-order valence-electron chi connectivity index (χ0n) is 1.46. The third-order valence-corrected chi connectivity index (χ3v) is 0. The van der Waals surface area contributed by atoms with E-state index in [9.17, 15) is 0 Å². The van der Waals surface area contributed by atoms with Gasteiger partial charge in [-0.3, -0.25) is 0 Å². The monoisotopic (exact) mass is 280 g/mol. The minimum Gasteiger partial charge on any atom is 0 e. The normalized spacial score (nSPS) is 0. The first kappa shape index (κ1) is 31.9. The van der Waals surface area contributed by atoms with Crippen molar-refractivity contribution in [1.82, 2.24) is 0 Å². The minimum atomic E-state index is 0. The van der Waals surface area contributed by atoms with Gasteiger partial charge in [-0.05, 0) is 0 Å². The largest absolute Gasteiger partial charge is 0 e. The predicted octanol–water partition coefficient (Wildman–Crippen LogP) is -2.01. The zero-order chi connectivity index (χ0) is 0. The molecule has 1 nitrogen and oxygen atoms in total. The van der Waals surface area contributed by atoms with E-state index in [4.69, 9.17) is 0 Å². The van der Waals surface area contributed by atoms with Gasteiger partial charge in [-0.2, -0.15) is 0 Å². The summed E-state index contributed by atoms with van der Waals surface area (Å²) in [5, 5.41) is 0. The van der Waals surface area contributed by atoms with Crippen LogP contribution >= 0.6 is 0 Å². The summed E-state index contributed by atoms with van der Waals surface area (Å²) in [4.78, 5) is 0. The Labute approximate surface area is 79.7 Å². The van der Waals surface area contributed by atoms with Crippen LogP contribution in [0.1, 0.15) is 0 Å². The van der Waals surface area contributed by atoms with Gasteiger partial charge in [0.25, 0.3) is 0 Å². The molecule has 0 aliphatic heterocycles. The summed E-state index contributed by atoms with van der Waals surface area (Å²) in [6.45, 7) is 0. The van der Waals surface area contributed by atoms with Crippen molar-refractivity contribution in [2.24, 2.45) is 0 Å². The first-order chi connectivity index (χ1) is 0. The first-order valence-electron chi connectivity index (χ1n) is 0. The Kier molecular flexibility index (Phi) is 143. The summed E-state index contributed by atoms with van der Waals surface area (Å²) in [5.41, 5.74) is 0. The van der Waals surface area contributed by atoms with Crippen LogP contribution in [-0.2, 0) is 49.8 Å². The van der Waals surface area contributed by atoms with E-state index in [2.05, 4.69) is 0 Å². The number of hydrogen-bond acceptors (Lipinski definition) is 0. The molecule has 0 spiro atoms. The summed E-state index contributed by atoms with van der Waals surface area (Å²) in [6, 6.07) is 0. The SMILES string of the molecule is O.[InH3].[Mn].[Y]. The van der Waals surface area contributed by atoms with E-state index in [-0.39, 0.29) is 81.1 Å². The van der Waals surface area contributed by atoms with E-state index in [1.54, 1.807) is 0 Å². The second-order valence-electron chi connectivity index (χ2n) is 0. The minimum absolute atomic E-state index is 0. The molecule has 4 heavy (non-hydrogen) atoms. The van der Waals surface area contributed by atoms with Crippen molar-refractivity contribution in [1.29, 1.82) is 0 Å². The van der Waals surface area contributed by atoms with Crippen LogP contribution in [0.15, 0.2) is 0 Å². The predicted molar refractivity (Wildman–Crippen MR) is 13.6 cm³/mol. The fourth-order valence-corrected chi connectivity index (χ4v) is 0. The molecule has 0 aromatic rings. The van der Waals surface area contributed by atoms with E-state index in [0.717, 1.165) is 0 Å². The molecule has 0 fully saturated rings. The molecule has 0 saturated heterocycles. The Balaban J connectivity index is 0. The molecule has 0 aliphatic rings. The molecule has 2 radical (unpaired) electrons. The molecule has 0 aliphatic carbocycles. The van der Waals surface area contributed by atoms with Gasteiger partial charge >= 0.3 is 25.8 Å². The van der Waals surface area contributed by atoms with Gasteiger partial charge in [0.05, 0.1) is 0 Å². The summed E-state index contributed by atoms with van der Waals surface area (Å²) in [6.07, 6.45) is 0. The molecular formula is H5InMnOY. The van der Waals surface area contributed by atoms with Crippen LogP contribution in [0, 0.1) is 0 Å². The van der Waals surface area contributed by atoms with Gasteiger partial charge in [-0.15, -0.1) is 0 Å². The van der Waals surface area contributed by atoms with Gasteiger partial charge in [0.2, 0.25) is 0 Å². The average Bonchev–Trinajstić information content (AvgIpc) is 0. The molecule has 0 bridgehead atoms. The zero-order valence-corrected chi connectivity index (χ0v) is 5.47. The number of hydrogen-bond donors (Lipinski definition) is 0. The van der Waals surface area contributed by atoms with Crippen molar-refractivity contribution >= 4 is 25.8 Å². The molecule has 2 N–H and O–H groups in total. The quantitative estimate of drug-likeness (QED) is 0.459. The molecule has 0 rings (SSSR count). The maximum absolute atomic E-state index is 0. The van der Waals surface area contributed by atoms with E-state index >= 15 is 0 Å². The smallest absolute Gasteiger partial charge is 0 e. The maximum atomic E-state index is 0. The summed E-state index contributed by atoms with van der Waals surface area (Å²) in [7, 11) is 0. The van der Waals surface area contributed by atoms with E-state index in [1.807, 2.05) is 0 Å². The summed E-state index contributed by atoms with van der Waals surface area (Å²) < 4.78 is 0. The van der Waals surface area contributed by atoms with Crippen LogP contribution in [0.3, 0.4) is 0 Å². The Hall–Kier alpha value is 2.45. The fraction of sp³-hybridized carbons (Fsp3) is 0. The molecule has 0 aromatic carbocycles. The molecule has 0 aromatic heterocycles. The van der Waals surface area contributed by atoms with Crippen molar-refractivity contribution in [3.8, 4) is 0 Å². The van der Waals surface area contributed by atoms with Gasteiger partial charge in [-0.1, -0.05) is 0 Å². The third-order valence-electron chi connectivity index (χ3n) is 0. The Morgan fingerprint density at radius 2 is 1.00 bits per heavy atom. The summed E-state index contributed by atoms with van der Waals surface area (Å²) >= 11 is 0. The van der Waals surface area contributed by atoms with Crippen molar-refractivity contribution in [3.05, 3.63) is 0 Å². The van der Waals surface area contributed by atoms with Crippen molar-refractivity contribution in [2.45, 2.75) is 0 Å². The Morgan fingerprint density at radius 3 is 1.00 bits per heavy atom. The van der Waals surface area contributed by atoms with Crippen LogP contribution in [0.2, 0.25) is 0 Å². The van der Waals surface area contributed by atoms with Crippen LogP contribution in [0.25, 0.3) is 0 Å². The van der Waals surface area contributed by atoms with Crippen LogP contribution < -0.4 is 0 Å². The second-order valence-corrected chi connectivity index (χ2v) is 0. The molecule has 0 atom stereocenters. The molecule has 0 unspecified atom stereocenters. The molecule has 4 heteroatoms. The van der Waals surface area contributed by atoms with Gasteiger partial charge in [0.15, 0.2) is 0 Å². The van der Waals surface area contributed by atoms with Crippen LogP contribution in [-0.4, -0.2) is 31.3 Å². The standard InChI is InChI=1S/In.Mn.H2O.Y.3H/h;;1H2;;;;. The van der Waals surface area contributed by atoms with Crippen molar-refractivity contribution in [3.63, 3.8) is 0 Å². The molecule has 24 valence electrons. The van der Waals surface area contributed by atoms with Crippen molar-refractivity contribution < 1.29 is 55.3 Å². The second kappa shape index (κ2) is 18.0. The topological polar surface area (TPSA) is 31.5 Å². The number of rotatable bonds is 0. The maximum Gasteiger partial charge on any atom is 0 e. The van der Waals surface area contributed by atoms with Gasteiger partial charge in [-0.25, -0.2) is 0 Å². The molecular weight excluding hydrogens is 275 g/mol. The Bertz CT molecular complexity index is 8.00. The van der Waals surface area contributed by atoms with E-state index < -0.39 is 0 Å². The van der Waals surface area contributed by atoms with Crippen LogP contribution in [0.4, 0.5) is 0 Å². The third kappa shape index (κ3) is 8.82. The molecule has 0 saturated carbocycles. The Morgan fingerprint density at radius 1 is 1.00 bits per heavy atom. The molecule has 0 amide bonds. The van der Waals surface area contributed by atoms with Gasteiger partial charge in [0, 0.05) is 49.8 Å². The molecule has 0 heterocycles.